The van der Waals surface area contributed by atoms with Gasteiger partial charge in [0.2, 0.25) is 0 Å². The number of hydrogen-bond donors (Lipinski definition) is 1. The molecule has 1 aliphatic rings. The van der Waals surface area contributed by atoms with E-state index in [4.69, 9.17) is 4.74 Å². The first kappa shape index (κ1) is 13.9. The highest BCUT2D eigenvalue weighted by Gasteiger charge is 2.20. The molecule has 0 aliphatic heterocycles. The Morgan fingerprint density at radius 3 is 2.78 bits per heavy atom. The number of aromatic nitrogens is 3. The Hall–Kier alpha value is -2.69. The van der Waals surface area contributed by atoms with Crippen LogP contribution in [-0.2, 0) is 6.54 Å². The highest BCUT2D eigenvalue weighted by molar-refractivity contribution is 5.71. The first-order valence-corrected chi connectivity index (χ1v) is 7.95. The van der Waals surface area contributed by atoms with E-state index in [1.807, 2.05) is 30.3 Å². The fourth-order valence-electron chi connectivity index (χ4n) is 2.57. The van der Waals surface area contributed by atoms with Crippen molar-refractivity contribution in [1.29, 1.82) is 0 Å². The van der Waals surface area contributed by atoms with Crippen molar-refractivity contribution >= 4 is 17.0 Å². The summed E-state index contributed by atoms with van der Waals surface area (Å²) >= 11 is 0. The van der Waals surface area contributed by atoms with E-state index < -0.39 is 0 Å². The summed E-state index contributed by atoms with van der Waals surface area (Å²) in [4.78, 5) is 12.9. The van der Waals surface area contributed by atoms with Gasteiger partial charge in [-0.25, -0.2) is 9.97 Å². The molecule has 23 heavy (non-hydrogen) atoms. The van der Waals surface area contributed by atoms with Gasteiger partial charge in [-0.2, -0.15) is 0 Å². The zero-order valence-corrected chi connectivity index (χ0v) is 12.8. The Bertz CT molecular complexity index is 817. The molecule has 2 aromatic heterocycles. The van der Waals surface area contributed by atoms with Crippen LogP contribution >= 0.6 is 0 Å². The van der Waals surface area contributed by atoms with Crippen LogP contribution in [0.25, 0.3) is 11.2 Å². The predicted molar refractivity (Wildman–Crippen MR) is 89.4 cm³/mol. The first-order valence-electron chi connectivity index (χ1n) is 7.95. The van der Waals surface area contributed by atoms with Gasteiger partial charge in [-0.1, -0.05) is 18.2 Å². The molecule has 2 heterocycles. The molecule has 0 saturated heterocycles. The monoisotopic (exact) mass is 306 g/mol. The zero-order chi connectivity index (χ0) is 15.5. The third kappa shape index (κ3) is 3.08. The predicted octanol–water partition coefficient (Wildman–Crippen LogP) is 3.57. The number of ether oxygens (including phenoxy) is 1. The van der Waals surface area contributed by atoms with Crippen LogP contribution in [-0.4, -0.2) is 21.1 Å². The lowest BCUT2D eigenvalue weighted by molar-refractivity contribution is 0.119. The molecule has 1 fully saturated rings. The number of fused-ring (bicyclic) bond motifs is 1. The molecule has 5 heteroatoms. The fraction of sp³-hybridized carbons (Fsp3) is 0.278. The molecule has 0 spiro atoms. The third-order valence-electron chi connectivity index (χ3n) is 4.11. The maximum Gasteiger partial charge on any atom is 0.180 e. The minimum absolute atomic E-state index is 0.380. The molecule has 0 amide bonds. The summed E-state index contributed by atoms with van der Waals surface area (Å²) in [6.45, 7) is 0.668. The molecule has 1 N–H and O–H groups in total. The summed E-state index contributed by atoms with van der Waals surface area (Å²) < 4.78 is 6.06. The van der Waals surface area contributed by atoms with Crippen LogP contribution in [0.3, 0.4) is 0 Å². The van der Waals surface area contributed by atoms with E-state index >= 15 is 0 Å². The number of nitrogens with one attached hydrogen (secondary N) is 1. The van der Waals surface area contributed by atoms with Crippen LogP contribution < -0.4 is 10.1 Å². The second-order valence-corrected chi connectivity index (χ2v) is 5.73. The number of para-hydroxylation sites is 1. The maximum absolute atomic E-state index is 6.06. The van der Waals surface area contributed by atoms with Crippen molar-refractivity contribution in [3.63, 3.8) is 0 Å². The normalized spacial score (nSPS) is 14.4. The van der Waals surface area contributed by atoms with Crippen molar-refractivity contribution in [1.82, 2.24) is 15.0 Å². The van der Waals surface area contributed by atoms with Crippen LogP contribution in [0.1, 0.15) is 24.8 Å². The highest BCUT2D eigenvalue weighted by Crippen LogP contribution is 2.28. The van der Waals surface area contributed by atoms with Gasteiger partial charge in [0.25, 0.3) is 0 Å². The molecule has 0 atom stereocenters. The molecule has 1 aromatic carbocycles. The largest absolute Gasteiger partial charge is 0.490 e. The summed E-state index contributed by atoms with van der Waals surface area (Å²) in [7, 11) is 0. The number of rotatable bonds is 5. The average Bonchev–Trinajstić information content (AvgIpc) is 2.57. The Morgan fingerprint density at radius 1 is 1.04 bits per heavy atom. The number of anilines is 1. The molecular weight excluding hydrogens is 288 g/mol. The van der Waals surface area contributed by atoms with Crippen molar-refractivity contribution in [2.24, 2.45) is 0 Å². The lowest BCUT2D eigenvalue weighted by atomic mass is 9.96. The lowest BCUT2D eigenvalue weighted by Gasteiger charge is -2.27. The van der Waals surface area contributed by atoms with E-state index in [-0.39, 0.29) is 0 Å². The summed E-state index contributed by atoms with van der Waals surface area (Å²) in [5, 5.41) is 3.34. The van der Waals surface area contributed by atoms with Crippen molar-refractivity contribution in [2.75, 3.05) is 5.32 Å². The number of pyridine rings is 1. The van der Waals surface area contributed by atoms with Gasteiger partial charge in [-0.3, -0.25) is 4.98 Å². The maximum atomic E-state index is 6.06. The summed E-state index contributed by atoms with van der Waals surface area (Å²) in [6, 6.07) is 12.0. The van der Waals surface area contributed by atoms with Crippen LogP contribution in [0.15, 0.2) is 48.8 Å². The van der Waals surface area contributed by atoms with Crippen molar-refractivity contribution in [3.8, 4) is 5.75 Å². The minimum atomic E-state index is 0.380. The summed E-state index contributed by atoms with van der Waals surface area (Å²) in [5.74, 6) is 1.75. The van der Waals surface area contributed by atoms with Gasteiger partial charge in [0.1, 0.15) is 17.1 Å². The Labute approximate surface area is 134 Å². The van der Waals surface area contributed by atoms with Gasteiger partial charge in [0, 0.05) is 24.5 Å². The lowest BCUT2D eigenvalue weighted by Crippen LogP contribution is -2.25. The molecule has 3 aromatic rings. The van der Waals surface area contributed by atoms with Gasteiger partial charge in [0.15, 0.2) is 5.65 Å². The number of hydrogen-bond acceptors (Lipinski definition) is 5. The van der Waals surface area contributed by atoms with Crippen molar-refractivity contribution in [3.05, 3.63) is 54.4 Å². The number of benzene rings is 1. The summed E-state index contributed by atoms with van der Waals surface area (Å²) in [5.41, 5.74) is 2.59. The fourth-order valence-corrected chi connectivity index (χ4v) is 2.57. The van der Waals surface area contributed by atoms with Gasteiger partial charge >= 0.3 is 0 Å². The van der Waals surface area contributed by atoms with E-state index in [1.54, 1.807) is 12.4 Å². The van der Waals surface area contributed by atoms with Gasteiger partial charge in [-0.05, 0) is 37.5 Å². The van der Waals surface area contributed by atoms with E-state index in [0.29, 0.717) is 18.3 Å². The van der Waals surface area contributed by atoms with Crippen LogP contribution in [0, 0.1) is 0 Å². The quantitative estimate of drug-likeness (QED) is 0.781. The van der Waals surface area contributed by atoms with E-state index in [2.05, 4.69) is 26.3 Å². The SMILES string of the molecule is c1ccc(OC2CCC2)c(CNc2ccc3nccnc3n2)c1. The Morgan fingerprint density at radius 2 is 1.91 bits per heavy atom. The average molecular weight is 306 g/mol. The van der Waals surface area contributed by atoms with Gasteiger partial charge in [-0.15, -0.1) is 0 Å². The van der Waals surface area contributed by atoms with Gasteiger partial charge < -0.3 is 10.1 Å². The third-order valence-corrected chi connectivity index (χ3v) is 4.11. The first-order chi connectivity index (χ1) is 11.4. The van der Waals surface area contributed by atoms with Crippen LogP contribution in [0.4, 0.5) is 5.82 Å². The molecule has 1 aliphatic carbocycles. The van der Waals surface area contributed by atoms with E-state index in [9.17, 15) is 0 Å². The van der Waals surface area contributed by atoms with Crippen molar-refractivity contribution < 1.29 is 4.74 Å². The van der Waals surface area contributed by atoms with E-state index in [1.165, 1.54) is 6.42 Å². The Kier molecular flexibility index (Phi) is 3.76. The topological polar surface area (TPSA) is 59.9 Å². The van der Waals surface area contributed by atoms with Crippen molar-refractivity contribution in [2.45, 2.75) is 31.9 Å². The highest BCUT2D eigenvalue weighted by atomic mass is 16.5. The van der Waals surface area contributed by atoms with Crippen LogP contribution in [0.2, 0.25) is 0 Å². The second-order valence-electron chi connectivity index (χ2n) is 5.73. The van der Waals surface area contributed by atoms with Crippen LogP contribution in [0.5, 0.6) is 5.75 Å². The van der Waals surface area contributed by atoms with Gasteiger partial charge in [0.05, 0.1) is 6.10 Å². The standard InChI is InChI=1S/C18H18N4O/c1-2-7-16(23-14-5-3-6-14)13(4-1)12-21-17-9-8-15-18(22-17)20-11-10-19-15/h1-2,4,7-11,14H,3,5-6,12H2,(H,20,21,22). The molecule has 116 valence electrons. The van der Waals surface area contributed by atoms with E-state index in [0.717, 1.165) is 35.5 Å². The minimum Gasteiger partial charge on any atom is -0.490 e. The number of nitrogens with zero attached hydrogens (tertiary/aromatic N) is 3. The zero-order valence-electron chi connectivity index (χ0n) is 12.8. The molecule has 5 nitrogen and oxygen atoms in total. The molecule has 4 rings (SSSR count). The second kappa shape index (κ2) is 6.20. The molecule has 0 unspecified atom stereocenters. The molecule has 0 bridgehead atoms. The smallest absolute Gasteiger partial charge is 0.180 e. The summed E-state index contributed by atoms with van der Waals surface area (Å²) in [6.07, 6.45) is 7.29. The Balaban J connectivity index is 1.49. The molecule has 0 radical (unpaired) electrons. The molecule has 1 saturated carbocycles. The molecular formula is C18H18N4O.